The number of amides is 1. The first-order valence-electron chi connectivity index (χ1n) is 10.1. The number of nitrogens with zero attached hydrogens (tertiary/aromatic N) is 5. The van der Waals surface area contributed by atoms with Crippen LogP contribution in [0.3, 0.4) is 0 Å². The summed E-state index contributed by atoms with van der Waals surface area (Å²) in [6, 6.07) is 6.95. The van der Waals surface area contributed by atoms with Gasteiger partial charge in [-0.1, -0.05) is 0 Å². The van der Waals surface area contributed by atoms with Crippen molar-refractivity contribution in [2.45, 2.75) is 30.1 Å². The first-order chi connectivity index (χ1) is 16.0. The smallest absolute Gasteiger partial charge is 0.370 e. The molecule has 2 aromatic carbocycles. The van der Waals surface area contributed by atoms with Crippen LogP contribution in [-0.2, 0) is 13.2 Å². The molecular formula is C21H21F3N6O3S. The monoisotopic (exact) mass is 494 g/mol. The number of nitro benzene ring substituents is 1. The largest absolute Gasteiger partial charge is 0.416 e. The zero-order valence-electron chi connectivity index (χ0n) is 18.5. The zero-order chi connectivity index (χ0) is 25.0. The maximum Gasteiger partial charge on any atom is 0.416 e. The summed E-state index contributed by atoms with van der Waals surface area (Å²) in [7, 11) is 1.68. The van der Waals surface area contributed by atoms with E-state index < -0.39 is 22.6 Å². The van der Waals surface area contributed by atoms with Crippen molar-refractivity contribution in [2.75, 3.05) is 23.3 Å². The Morgan fingerprint density at radius 3 is 2.47 bits per heavy atom. The lowest BCUT2D eigenvalue weighted by Gasteiger charge is -2.25. The molecule has 0 spiro atoms. The van der Waals surface area contributed by atoms with Crippen molar-refractivity contribution in [3.63, 3.8) is 0 Å². The quantitative estimate of drug-likeness (QED) is 0.347. The van der Waals surface area contributed by atoms with Gasteiger partial charge in [-0.3, -0.25) is 14.9 Å². The molecule has 34 heavy (non-hydrogen) atoms. The van der Waals surface area contributed by atoms with Gasteiger partial charge in [-0.25, -0.2) is 0 Å². The van der Waals surface area contributed by atoms with Crippen molar-refractivity contribution >= 4 is 34.7 Å². The minimum atomic E-state index is -4.60. The molecule has 0 unspecified atom stereocenters. The number of halogens is 3. The lowest BCUT2D eigenvalue weighted by atomic mass is 10.1. The second-order valence-corrected chi connectivity index (χ2v) is 8.13. The Labute approximate surface area is 197 Å². The summed E-state index contributed by atoms with van der Waals surface area (Å²) in [5.41, 5.74) is -0.954. The van der Waals surface area contributed by atoms with Crippen molar-refractivity contribution < 1.29 is 22.9 Å². The molecule has 3 aromatic rings. The molecule has 1 N–H and O–H groups in total. The lowest BCUT2D eigenvalue weighted by molar-refractivity contribution is -0.387. The van der Waals surface area contributed by atoms with E-state index in [1.54, 1.807) is 16.5 Å². The van der Waals surface area contributed by atoms with Gasteiger partial charge in [0.25, 0.3) is 11.6 Å². The number of aromatic nitrogens is 3. The maximum atomic E-state index is 13.3. The van der Waals surface area contributed by atoms with Gasteiger partial charge in [0.15, 0.2) is 5.16 Å². The summed E-state index contributed by atoms with van der Waals surface area (Å²) in [5, 5.41) is 22.1. The minimum absolute atomic E-state index is 0.0382. The molecule has 180 valence electrons. The third-order valence-corrected chi connectivity index (χ3v) is 6.08. The van der Waals surface area contributed by atoms with Crippen LogP contribution in [0.1, 0.15) is 29.8 Å². The maximum absolute atomic E-state index is 13.3. The molecule has 9 nitrogen and oxygen atoms in total. The summed E-state index contributed by atoms with van der Waals surface area (Å²) in [5.74, 6) is -0.772. The van der Waals surface area contributed by atoms with Crippen LogP contribution in [0.15, 0.2) is 52.8 Å². The van der Waals surface area contributed by atoms with Crippen LogP contribution in [-0.4, -0.2) is 38.7 Å². The van der Waals surface area contributed by atoms with E-state index in [9.17, 15) is 28.1 Å². The van der Waals surface area contributed by atoms with E-state index in [2.05, 4.69) is 15.5 Å². The zero-order valence-corrected chi connectivity index (χ0v) is 19.3. The molecule has 0 bridgehead atoms. The van der Waals surface area contributed by atoms with Crippen LogP contribution < -0.4 is 10.2 Å². The van der Waals surface area contributed by atoms with Gasteiger partial charge < -0.3 is 14.8 Å². The van der Waals surface area contributed by atoms with Gasteiger partial charge in [-0.05, 0) is 55.9 Å². The van der Waals surface area contributed by atoms with Gasteiger partial charge in [-0.15, -0.1) is 10.2 Å². The number of benzene rings is 2. The Balaban J connectivity index is 1.96. The number of aryl methyl sites for hydroxylation is 1. The molecule has 1 amide bonds. The first-order valence-corrected chi connectivity index (χ1v) is 10.9. The summed E-state index contributed by atoms with van der Waals surface area (Å²) in [4.78, 5) is 25.9. The standard InChI is InChI=1S/C21H21F3N6O3S/c1-4-29(5-2)16-8-7-14(21(22,23)24)11-15(16)26-19(31)13-6-9-18(17(10-13)30(32)33)34-20-27-25-12-28(20)3/h6-12H,4-5H2,1-3H3,(H,26,31). The molecule has 3 rings (SSSR count). The SMILES string of the molecule is CCN(CC)c1ccc(C(F)(F)F)cc1NC(=O)c1ccc(Sc2nncn2C)c([N+](=O)[O-])c1. The second-order valence-electron chi connectivity index (χ2n) is 7.12. The molecule has 0 aliphatic carbocycles. The van der Waals surface area contributed by atoms with Crippen LogP contribution >= 0.6 is 11.8 Å². The number of rotatable bonds is 8. The highest BCUT2D eigenvalue weighted by Crippen LogP contribution is 2.37. The average molecular weight is 494 g/mol. The van der Waals surface area contributed by atoms with Crippen LogP contribution in [0.5, 0.6) is 0 Å². The highest BCUT2D eigenvalue weighted by atomic mass is 32.2. The Morgan fingerprint density at radius 1 is 1.21 bits per heavy atom. The molecule has 1 aromatic heterocycles. The van der Waals surface area contributed by atoms with Gasteiger partial charge in [0, 0.05) is 31.8 Å². The topological polar surface area (TPSA) is 106 Å². The van der Waals surface area contributed by atoms with Gasteiger partial charge in [-0.2, -0.15) is 13.2 Å². The van der Waals surface area contributed by atoms with Crippen molar-refractivity contribution in [1.29, 1.82) is 0 Å². The van der Waals surface area contributed by atoms with E-state index in [-0.39, 0.29) is 21.8 Å². The molecule has 0 fully saturated rings. The molecular weight excluding hydrogens is 473 g/mol. The summed E-state index contributed by atoms with van der Waals surface area (Å²) >= 11 is 1.00. The number of alkyl halides is 3. The molecule has 13 heteroatoms. The number of carbonyl (C=O) groups excluding carboxylic acids is 1. The molecule has 0 atom stereocenters. The van der Waals surface area contributed by atoms with E-state index in [0.29, 0.717) is 23.9 Å². The Hall–Kier alpha value is -3.61. The van der Waals surface area contributed by atoms with Crippen molar-refractivity contribution in [3.05, 3.63) is 64.0 Å². The fourth-order valence-corrected chi connectivity index (χ4v) is 4.05. The number of hydrogen-bond donors (Lipinski definition) is 1. The second kappa shape index (κ2) is 10.1. The van der Waals surface area contributed by atoms with E-state index >= 15 is 0 Å². The lowest BCUT2D eigenvalue weighted by Crippen LogP contribution is -2.24. The third-order valence-electron chi connectivity index (χ3n) is 4.97. The molecule has 0 saturated heterocycles. The van der Waals surface area contributed by atoms with E-state index in [0.717, 1.165) is 30.0 Å². The van der Waals surface area contributed by atoms with Gasteiger partial charge in [0.1, 0.15) is 6.33 Å². The van der Waals surface area contributed by atoms with Crippen LogP contribution in [0, 0.1) is 10.1 Å². The van der Waals surface area contributed by atoms with E-state index in [4.69, 9.17) is 0 Å². The average Bonchev–Trinajstić information content (AvgIpc) is 3.19. The van der Waals surface area contributed by atoms with Gasteiger partial charge in [0.05, 0.1) is 26.8 Å². The van der Waals surface area contributed by atoms with Crippen LogP contribution in [0.25, 0.3) is 0 Å². The Kier molecular flexibility index (Phi) is 7.44. The van der Waals surface area contributed by atoms with Gasteiger partial charge >= 0.3 is 6.18 Å². The minimum Gasteiger partial charge on any atom is -0.370 e. The number of nitrogens with one attached hydrogen (secondary N) is 1. The fourth-order valence-electron chi connectivity index (χ4n) is 3.20. The fraction of sp³-hybridized carbons (Fsp3) is 0.286. The molecule has 1 heterocycles. The van der Waals surface area contributed by atoms with Crippen molar-refractivity contribution in [1.82, 2.24) is 14.8 Å². The highest BCUT2D eigenvalue weighted by Gasteiger charge is 2.32. The predicted molar refractivity (Wildman–Crippen MR) is 121 cm³/mol. The number of nitro groups is 1. The van der Waals surface area contributed by atoms with Crippen molar-refractivity contribution in [3.8, 4) is 0 Å². The third kappa shape index (κ3) is 5.47. The molecule has 0 aliphatic heterocycles. The van der Waals surface area contributed by atoms with Crippen LogP contribution in [0.4, 0.5) is 30.2 Å². The molecule has 0 radical (unpaired) electrons. The Bertz CT molecular complexity index is 1210. The first kappa shape index (κ1) is 25.0. The van der Waals surface area contributed by atoms with E-state index in [1.807, 2.05) is 13.8 Å². The summed E-state index contributed by atoms with van der Waals surface area (Å²) in [6.07, 6.45) is -3.16. The van der Waals surface area contributed by atoms with Crippen molar-refractivity contribution in [2.24, 2.45) is 7.05 Å². The molecule has 0 saturated carbocycles. The summed E-state index contributed by atoms with van der Waals surface area (Å²) < 4.78 is 41.4. The predicted octanol–water partition coefficient (Wildman–Crippen LogP) is 4.99. The summed E-state index contributed by atoms with van der Waals surface area (Å²) in [6.45, 7) is 4.68. The molecule has 0 aliphatic rings. The Morgan fingerprint density at radius 2 is 1.91 bits per heavy atom. The van der Waals surface area contributed by atoms with Crippen LogP contribution in [0.2, 0.25) is 0 Å². The van der Waals surface area contributed by atoms with Gasteiger partial charge in [0.2, 0.25) is 0 Å². The highest BCUT2D eigenvalue weighted by molar-refractivity contribution is 7.99. The normalized spacial score (nSPS) is 11.4. The number of carbonyl (C=O) groups is 1. The number of anilines is 2. The van der Waals surface area contributed by atoms with E-state index in [1.165, 1.54) is 24.5 Å². The number of hydrogen-bond acceptors (Lipinski definition) is 7.